The smallest absolute Gasteiger partial charge is 0.410 e. The maximum atomic E-state index is 11.7. The van der Waals surface area contributed by atoms with Gasteiger partial charge in [-0.3, -0.25) is 4.79 Å². The van der Waals surface area contributed by atoms with Crippen LogP contribution in [0.1, 0.15) is 33.6 Å². The topological polar surface area (TPSA) is 46.6 Å². The number of nitrogens with zero attached hydrogens (tertiary/aromatic N) is 1. The molecule has 0 aromatic carbocycles. The van der Waals surface area contributed by atoms with Gasteiger partial charge in [-0.15, -0.1) is 0 Å². The number of hydrogen-bond donors (Lipinski definition) is 0. The van der Waals surface area contributed by atoms with Crippen molar-refractivity contribution in [1.82, 2.24) is 4.90 Å². The molecule has 1 fully saturated rings. The fourth-order valence-corrected chi connectivity index (χ4v) is 1.46. The van der Waals surface area contributed by atoms with Crippen molar-refractivity contribution in [1.29, 1.82) is 0 Å². The molecule has 0 spiro atoms. The number of Topliss-reactive ketones (excluding diaryl/α,β-unsaturated/α-hetero) is 1. The number of hydrogen-bond acceptors (Lipinski definition) is 3. The third-order valence-electron chi connectivity index (χ3n) is 2.16. The molecule has 1 unspecified atom stereocenters. The van der Waals surface area contributed by atoms with Crippen LogP contribution in [0.4, 0.5) is 4.79 Å². The highest BCUT2D eigenvalue weighted by Gasteiger charge is 2.30. The molecular weight excluding hydrogens is 194 g/mol. The third-order valence-corrected chi connectivity index (χ3v) is 2.16. The van der Waals surface area contributed by atoms with E-state index in [1.807, 2.05) is 20.8 Å². The molecule has 0 bridgehead atoms. The summed E-state index contributed by atoms with van der Waals surface area (Å²) in [6, 6.07) is -0.291. The Balaban J connectivity index is 2.56. The molecule has 4 nitrogen and oxygen atoms in total. The van der Waals surface area contributed by atoms with E-state index in [4.69, 9.17) is 4.74 Å². The van der Waals surface area contributed by atoms with E-state index in [1.165, 1.54) is 4.90 Å². The van der Waals surface area contributed by atoms with Gasteiger partial charge in [-0.1, -0.05) is 0 Å². The van der Waals surface area contributed by atoms with E-state index in [-0.39, 0.29) is 17.9 Å². The second kappa shape index (κ2) is 4.21. The van der Waals surface area contributed by atoms with Crippen LogP contribution in [-0.2, 0) is 9.53 Å². The van der Waals surface area contributed by atoms with Crippen molar-refractivity contribution in [2.75, 3.05) is 6.54 Å². The van der Waals surface area contributed by atoms with Crippen molar-refractivity contribution in [3.8, 4) is 0 Å². The Morgan fingerprint density at radius 3 is 2.60 bits per heavy atom. The van der Waals surface area contributed by atoms with Crippen molar-refractivity contribution in [3.63, 3.8) is 0 Å². The fraction of sp³-hybridized carbons (Fsp3) is 0.727. The fourth-order valence-electron chi connectivity index (χ4n) is 1.46. The monoisotopic (exact) mass is 212 g/mol. The molecule has 0 aliphatic carbocycles. The lowest BCUT2D eigenvalue weighted by atomic mass is 10.0. The zero-order valence-electron chi connectivity index (χ0n) is 9.58. The van der Waals surface area contributed by atoms with Crippen LogP contribution in [0.2, 0.25) is 0 Å². The Hall–Kier alpha value is -1.06. The second-order valence-electron chi connectivity index (χ2n) is 4.82. The van der Waals surface area contributed by atoms with Gasteiger partial charge in [0.25, 0.3) is 0 Å². The average Bonchev–Trinajstić information content (AvgIpc) is 1.99. The van der Waals surface area contributed by atoms with Crippen LogP contribution in [0.5, 0.6) is 0 Å². The number of carbonyl (C=O) groups excluding carboxylic acids is 2. The molecule has 0 aromatic rings. The first-order chi connectivity index (χ1) is 6.79. The molecule has 1 saturated heterocycles. The maximum absolute atomic E-state index is 11.7. The van der Waals surface area contributed by atoms with Gasteiger partial charge in [-0.05, 0) is 27.7 Å². The lowest BCUT2D eigenvalue weighted by Crippen LogP contribution is -2.47. The average molecular weight is 212 g/mol. The van der Waals surface area contributed by atoms with Gasteiger partial charge in [0.15, 0.2) is 0 Å². The Kier molecular flexibility index (Phi) is 3.37. The van der Waals surface area contributed by atoms with Crippen molar-refractivity contribution < 1.29 is 14.3 Å². The minimum atomic E-state index is -0.502. The molecule has 4 heteroatoms. The van der Waals surface area contributed by atoms with E-state index < -0.39 is 5.60 Å². The predicted octanol–water partition coefficient (Wildman–Crippen LogP) is 1.79. The molecule has 85 valence electrons. The van der Waals surface area contributed by atoms with Crippen LogP contribution in [-0.4, -0.2) is 35.0 Å². The Morgan fingerprint density at radius 1 is 1.53 bits per heavy atom. The van der Waals surface area contributed by atoms with Gasteiger partial charge >= 0.3 is 6.09 Å². The first kappa shape index (κ1) is 12.0. The number of carbonyl (C=O) groups is 2. The molecule has 1 heterocycles. The zero-order valence-corrected chi connectivity index (χ0v) is 9.58. The molecular formula is C11H18NO3. The van der Waals surface area contributed by atoms with Crippen LogP contribution in [0.3, 0.4) is 0 Å². The molecule has 1 amide bonds. The lowest BCUT2D eigenvalue weighted by molar-refractivity contribution is -0.122. The highest BCUT2D eigenvalue weighted by molar-refractivity contribution is 5.82. The van der Waals surface area contributed by atoms with E-state index in [2.05, 4.69) is 6.92 Å². The van der Waals surface area contributed by atoms with Gasteiger partial charge in [-0.2, -0.15) is 0 Å². The van der Waals surface area contributed by atoms with Gasteiger partial charge in [0.1, 0.15) is 11.4 Å². The molecule has 1 radical (unpaired) electrons. The SMILES string of the molecule is [CH2]C1CC(=O)CCN1C(=O)OC(C)(C)C. The van der Waals surface area contributed by atoms with Crippen molar-refractivity contribution in [2.45, 2.75) is 45.3 Å². The molecule has 0 aromatic heterocycles. The maximum Gasteiger partial charge on any atom is 0.410 e. The van der Waals surface area contributed by atoms with Gasteiger partial charge < -0.3 is 9.64 Å². The summed E-state index contributed by atoms with van der Waals surface area (Å²) in [7, 11) is 0. The van der Waals surface area contributed by atoms with Gasteiger partial charge in [0.05, 0.1) is 0 Å². The summed E-state index contributed by atoms with van der Waals surface area (Å²) in [4.78, 5) is 24.3. The quantitative estimate of drug-likeness (QED) is 0.615. The first-order valence-electron chi connectivity index (χ1n) is 5.14. The summed E-state index contributed by atoms with van der Waals surface area (Å²) in [6.45, 7) is 9.66. The summed E-state index contributed by atoms with van der Waals surface area (Å²) in [6.07, 6.45) is 0.361. The Bertz CT molecular complexity index is 267. The predicted molar refractivity (Wildman–Crippen MR) is 56.3 cm³/mol. The minimum absolute atomic E-state index is 0.162. The van der Waals surface area contributed by atoms with Crippen molar-refractivity contribution in [2.24, 2.45) is 0 Å². The summed E-state index contributed by atoms with van der Waals surface area (Å²) in [5.74, 6) is 0.162. The summed E-state index contributed by atoms with van der Waals surface area (Å²) in [5, 5.41) is 0. The van der Waals surface area contributed by atoms with Crippen LogP contribution in [0.25, 0.3) is 0 Å². The molecule has 15 heavy (non-hydrogen) atoms. The first-order valence-corrected chi connectivity index (χ1v) is 5.14. The van der Waals surface area contributed by atoms with Crippen LogP contribution in [0.15, 0.2) is 0 Å². The Labute approximate surface area is 90.6 Å². The number of ether oxygens (including phenoxy) is 1. The lowest BCUT2D eigenvalue weighted by Gasteiger charge is -2.34. The van der Waals surface area contributed by atoms with Crippen LogP contribution < -0.4 is 0 Å². The molecule has 1 aliphatic rings. The highest BCUT2D eigenvalue weighted by Crippen LogP contribution is 2.17. The number of amides is 1. The van der Waals surface area contributed by atoms with Crippen molar-refractivity contribution >= 4 is 11.9 Å². The summed E-state index contributed by atoms with van der Waals surface area (Å²) in [5.41, 5.74) is -0.502. The molecule has 1 rings (SSSR count). The minimum Gasteiger partial charge on any atom is -0.444 e. The van der Waals surface area contributed by atoms with Gasteiger partial charge in [0, 0.05) is 25.4 Å². The number of ketones is 1. The zero-order chi connectivity index (χ0) is 11.6. The summed E-state index contributed by atoms with van der Waals surface area (Å²) >= 11 is 0. The van der Waals surface area contributed by atoms with E-state index in [1.54, 1.807) is 0 Å². The highest BCUT2D eigenvalue weighted by atomic mass is 16.6. The Morgan fingerprint density at radius 2 is 2.13 bits per heavy atom. The molecule has 0 saturated carbocycles. The number of rotatable bonds is 0. The van der Waals surface area contributed by atoms with E-state index in [0.29, 0.717) is 19.4 Å². The van der Waals surface area contributed by atoms with E-state index in [9.17, 15) is 9.59 Å². The largest absolute Gasteiger partial charge is 0.444 e. The van der Waals surface area contributed by atoms with Gasteiger partial charge in [-0.25, -0.2) is 4.79 Å². The molecule has 0 N–H and O–H groups in total. The number of likely N-dealkylation sites (tertiary alicyclic amines) is 1. The second-order valence-corrected chi connectivity index (χ2v) is 4.82. The third kappa shape index (κ3) is 3.53. The van der Waals surface area contributed by atoms with Gasteiger partial charge in [0.2, 0.25) is 0 Å². The van der Waals surface area contributed by atoms with Crippen molar-refractivity contribution in [3.05, 3.63) is 6.92 Å². The number of piperidine rings is 1. The van der Waals surface area contributed by atoms with E-state index in [0.717, 1.165) is 0 Å². The van der Waals surface area contributed by atoms with Crippen LogP contribution in [0, 0.1) is 6.92 Å². The van der Waals surface area contributed by atoms with Crippen LogP contribution >= 0.6 is 0 Å². The molecule has 1 aliphatic heterocycles. The summed E-state index contributed by atoms with van der Waals surface area (Å²) < 4.78 is 5.22. The molecule has 1 atom stereocenters. The van der Waals surface area contributed by atoms with E-state index >= 15 is 0 Å². The standard InChI is InChI=1S/C11H18NO3/c1-8-7-9(13)5-6-12(8)10(14)15-11(2,3)4/h8H,1,5-7H2,2-4H3. The normalized spacial score (nSPS) is 22.8.